The molecule has 2 aliphatic heterocycles. The highest BCUT2D eigenvalue weighted by atomic mass is 16.5. The van der Waals surface area contributed by atoms with Gasteiger partial charge in [0, 0.05) is 13.1 Å². The molecule has 2 aromatic carbocycles. The molecule has 0 aromatic heterocycles. The number of carbonyl (C=O) groups excluding carboxylic acids is 1. The number of aliphatic carboxylic acids is 1. The predicted molar refractivity (Wildman–Crippen MR) is 121 cm³/mol. The lowest BCUT2D eigenvalue weighted by Gasteiger charge is -2.34. The zero-order chi connectivity index (χ0) is 22.7. The molecule has 0 saturated carbocycles. The van der Waals surface area contributed by atoms with Gasteiger partial charge in [-0.3, -0.25) is 9.79 Å². The van der Waals surface area contributed by atoms with Crippen LogP contribution in [-0.2, 0) is 9.59 Å². The molecular formula is C24H24N4O4. The molecule has 0 bridgehead atoms. The van der Waals surface area contributed by atoms with Crippen LogP contribution < -0.4 is 10.5 Å². The van der Waals surface area contributed by atoms with E-state index < -0.39 is 5.97 Å². The molecule has 8 nitrogen and oxygen atoms in total. The van der Waals surface area contributed by atoms with Crippen molar-refractivity contribution in [3.63, 3.8) is 0 Å². The number of nitrogens with zero attached hydrogens (tertiary/aromatic N) is 3. The average molecular weight is 432 g/mol. The number of likely N-dealkylation sites (tertiary alicyclic amines) is 1. The second-order valence-electron chi connectivity index (χ2n) is 7.55. The molecule has 1 saturated heterocycles. The second-order valence-corrected chi connectivity index (χ2v) is 7.55. The van der Waals surface area contributed by atoms with Crippen molar-refractivity contribution in [2.24, 2.45) is 10.7 Å². The minimum absolute atomic E-state index is 0.0475. The van der Waals surface area contributed by atoms with Gasteiger partial charge in [0.1, 0.15) is 24.0 Å². The number of carboxylic acid groups (broad SMARTS) is 1. The monoisotopic (exact) mass is 432 g/mol. The van der Waals surface area contributed by atoms with Gasteiger partial charge in [0.25, 0.3) is 0 Å². The summed E-state index contributed by atoms with van der Waals surface area (Å²) in [5, 5.41) is 9.71. The van der Waals surface area contributed by atoms with Crippen molar-refractivity contribution in [1.82, 2.24) is 9.80 Å². The third kappa shape index (κ3) is 4.20. The largest absolute Gasteiger partial charge is 0.477 e. The lowest BCUT2D eigenvalue weighted by atomic mass is 9.98. The molecule has 0 spiro atoms. The third-order valence-electron chi connectivity index (χ3n) is 5.60. The smallest absolute Gasteiger partial charge is 0.354 e. The van der Waals surface area contributed by atoms with Gasteiger partial charge < -0.3 is 25.4 Å². The van der Waals surface area contributed by atoms with Crippen LogP contribution in [0.1, 0.15) is 12.0 Å². The van der Waals surface area contributed by atoms with Crippen LogP contribution in [0, 0.1) is 0 Å². The first-order valence-corrected chi connectivity index (χ1v) is 10.3. The highest BCUT2D eigenvalue weighted by molar-refractivity contribution is 6.54. The lowest BCUT2D eigenvalue weighted by molar-refractivity contribution is -0.129. The molecule has 164 valence electrons. The molecule has 8 heteroatoms. The minimum Gasteiger partial charge on any atom is -0.477 e. The molecule has 3 N–H and O–H groups in total. The Bertz CT molecular complexity index is 1090. The van der Waals surface area contributed by atoms with E-state index in [0.29, 0.717) is 41.5 Å². The van der Waals surface area contributed by atoms with Gasteiger partial charge in [-0.15, -0.1) is 0 Å². The Labute approximate surface area is 185 Å². The first-order chi connectivity index (χ1) is 15.5. The fourth-order valence-corrected chi connectivity index (χ4v) is 3.98. The van der Waals surface area contributed by atoms with Crippen LogP contribution in [0.15, 0.2) is 78.1 Å². The zero-order valence-electron chi connectivity index (χ0n) is 17.5. The standard InChI is InChI=1S/C24H24N4O4/c1-2-20(29)27-13-12-17(14-27)28-15-26-22(24(30)31)21(23(28)25)16-8-10-19(11-9-16)32-18-6-4-3-5-7-18/h2-11,17H,1,12-15,25H2,(H,30,31)/t17-/m1/s1. The van der Waals surface area contributed by atoms with Gasteiger partial charge in [-0.1, -0.05) is 36.9 Å². The van der Waals surface area contributed by atoms with E-state index in [4.69, 9.17) is 10.5 Å². The van der Waals surface area contributed by atoms with Gasteiger partial charge in [-0.05, 0) is 42.3 Å². The summed E-state index contributed by atoms with van der Waals surface area (Å²) in [6.45, 7) is 4.75. The van der Waals surface area contributed by atoms with Crippen LogP contribution in [0.5, 0.6) is 11.5 Å². The highest BCUT2D eigenvalue weighted by Gasteiger charge is 2.35. The Morgan fingerprint density at radius 1 is 1.12 bits per heavy atom. The van der Waals surface area contributed by atoms with Crippen molar-refractivity contribution in [1.29, 1.82) is 0 Å². The van der Waals surface area contributed by atoms with Gasteiger partial charge in [-0.2, -0.15) is 0 Å². The van der Waals surface area contributed by atoms with Gasteiger partial charge in [0.2, 0.25) is 5.91 Å². The number of hydrogen-bond acceptors (Lipinski definition) is 6. The van der Waals surface area contributed by atoms with Crippen LogP contribution >= 0.6 is 0 Å². The Morgan fingerprint density at radius 2 is 1.81 bits per heavy atom. The number of aliphatic imine (C=N–C) groups is 1. The van der Waals surface area contributed by atoms with E-state index in [0.717, 1.165) is 6.42 Å². The third-order valence-corrected chi connectivity index (χ3v) is 5.60. The fourth-order valence-electron chi connectivity index (χ4n) is 3.98. The Hall–Kier alpha value is -4.07. The summed E-state index contributed by atoms with van der Waals surface area (Å²) >= 11 is 0. The number of nitrogens with two attached hydrogens (primary N) is 1. The summed E-state index contributed by atoms with van der Waals surface area (Å²) in [6.07, 6.45) is 2.01. The molecule has 2 aliphatic rings. The van der Waals surface area contributed by atoms with Gasteiger partial charge in [0.05, 0.1) is 11.6 Å². The van der Waals surface area contributed by atoms with Crippen LogP contribution in [0.3, 0.4) is 0 Å². The average Bonchev–Trinajstić information content (AvgIpc) is 3.29. The summed E-state index contributed by atoms with van der Waals surface area (Å²) in [5.74, 6) is 0.399. The topological polar surface area (TPSA) is 108 Å². The van der Waals surface area contributed by atoms with Crippen LogP contribution in [0.25, 0.3) is 5.57 Å². The van der Waals surface area contributed by atoms with Gasteiger partial charge >= 0.3 is 5.97 Å². The number of carbonyl (C=O) groups is 2. The molecule has 4 rings (SSSR count). The summed E-state index contributed by atoms with van der Waals surface area (Å²) in [7, 11) is 0. The second kappa shape index (κ2) is 8.97. The quantitative estimate of drug-likeness (QED) is 0.680. The Morgan fingerprint density at radius 3 is 2.47 bits per heavy atom. The number of ether oxygens (including phenoxy) is 1. The first-order valence-electron chi connectivity index (χ1n) is 10.3. The maximum absolute atomic E-state index is 11.9. The van der Waals surface area contributed by atoms with E-state index in [9.17, 15) is 14.7 Å². The molecular weight excluding hydrogens is 408 g/mol. The maximum atomic E-state index is 11.9. The molecule has 1 fully saturated rings. The predicted octanol–water partition coefficient (Wildman–Crippen LogP) is 2.69. The van der Waals surface area contributed by atoms with E-state index in [-0.39, 0.29) is 24.3 Å². The van der Waals surface area contributed by atoms with E-state index in [2.05, 4.69) is 11.6 Å². The molecule has 0 radical (unpaired) electrons. The number of benzene rings is 2. The van der Waals surface area contributed by atoms with Gasteiger partial charge in [0.15, 0.2) is 5.71 Å². The molecule has 0 aliphatic carbocycles. The first kappa shape index (κ1) is 21.2. The molecule has 32 heavy (non-hydrogen) atoms. The summed E-state index contributed by atoms with van der Waals surface area (Å²) < 4.78 is 5.82. The molecule has 0 unspecified atom stereocenters. The SMILES string of the molecule is C=CC(=O)N1CC[C@@H](N2CN=C(C(=O)O)C(c3ccc(Oc4ccccc4)cc3)=C2N)C1. The molecule has 1 atom stereocenters. The summed E-state index contributed by atoms with van der Waals surface area (Å²) in [5.41, 5.74) is 7.40. The van der Waals surface area contributed by atoms with Crippen molar-refractivity contribution in [3.05, 3.63) is 78.6 Å². The molecule has 1 amide bonds. The number of amides is 1. The minimum atomic E-state index is -1.14. The van der Waals surface area contributed by atoms with Crippen molar-refractivity contribution >= 4 is 23.2 Å². The number of carboxylic acids is 1. The van der Waals surface area contributed by atoms with Crippen molar-refractivity contribution in [2.45, 2.75) is 12.5 Å². The Kier molecular flexibility index (Phi) is 5.93. The van der Waals surface area contributed by atoms with Crippen LogP contribution in [-0.4, -0.2) is 58.3 Å². The Balaban J connectivity index is 1.61. The van der Waals surface area contributed by atoms with E-state index >= 15 is 0 Å². The number of hydrogen-bond donors (Lipinski definition) is 2. The van der Waals surface area contributed by atoms with E-state index in [1.807, 2.05) is 35.2 Å². The van der Waals surface area contributed by atoms with Crippen LogP contribution in [0.2, 0.25) is 0 Å². The maximum Gasteiger partial charge on any atom is 0.354 e. The number of rotatable bonds is 6. The lowest BCUT2D eigenvalue weighted by Crippen LogP contribution is -2.44. The van der Waals surface area contributed by atoms with Crippen molar-refractivity contribution in [2.75, 3.05) is 19.8 Å². The number of para-hydroxylation sites is 1. The van der Waals surface area contributed by atoms with Crippen molar-refractivity contribution in [3.8, 4) is 11.5 Å². The normalized spacial score (nSPS) is 18.4. The van der Waals surface area contributed by atoms with E-state index in [1.165, 1.54) is 6.08 Å². The van der Waals surface area contributed by atoms with Crippen molar-refractivity contribution < 1.29 is 19.4 Å². The molecule has 2 aromatic rings. The zero-order valence-corrected chi connectivity index (χ0v) is 17.5. The fraction of sp³-hybridized carbons (Fsp3) is 0.208. The van der Waals surface area contributed by atoms with E-state index in [1.54, 1.807) is 29.2 Å². The molecule has 2 heterocycles. The summed E-state index contributed by atoms with van der Waals surface area (Å²) in [6, 6.07) is 16.4. The summed E-state index contributed by atoms with van der Waals surface area (Å²) in [4.78, 5) is 31.7. The van der Waals surface area contributed by atoms with Gasteiger partial charge in [-0.25, -0.2) is 4.79 Å². The highest BCUT2D eigenvalue weighted by Crippen LogP contribution is 2.30. The van der Waals surface area contributed by atoms with Crippen LogP contribution in [0.4, 0.5) is 0 Å².